The van der Waals surface area contributed by atoms with Gasteiger partial charge in [-0.3, -0.25) is 9.59 Å². The Morgan fingerprint density at radius 2 is 2.21 bits per heavy atom. The van der Waals surface area contributed by atoms with E-state index in [0.29, 0.717) is 6.42 Å². The Balaban J connectivity index is 2.59. The first-order chi connectivity index (χ1) is 6.70. The molecule has 1 aliphatic rings. The summed E-state index contributed by atoms with van der Waals surface area (Å²) in [4.78, 5) is 24.8. The molecule has 1 heterocycles. The number of carbonyl (C=O) groups is 2. The maximum Gasteiger partial charge on any atom is 0.242 e. The standard InChI is InChI=1S/C10H18N2O2/c1-3-5-9(13)12-7-4-6-8(12)10(14)11-2/h8H,3-7H2,1-2H3,(H,11,14). The van der Waals surface area contributed by atoms with Crippen molar-refractivity contribution in [1.29, 1.82) is 0 Å². The van der Waals surface area contributed by atoms with Gasteiger partial charge in [-0.15, -0.1) is 0 Å². The molecule has 4 heteroatoms. The van der Waals surface area contributed by atoms with Crippen molar-refractivity contribution in [2.24, 2.45) is 0 Å². The molecule has 1 atom stereocenters. The first kappa shape index (κ1) is 11.0. The number of likely N-dealkylation sites (tertiary alicyclic amines) is 1. The minimum atomic E-state index is -0.223. The van der Waals surface area contributed by atoms with Crippen LogP contribution in [-0.4, -0.2) is 36.3 Å². The normalized spacial score (nSPS) is 21.0. The molecule has 80 valence electrons. The van der Waals surface area contributed by atoms with Crippen molar-refractivity contribution in [2.75, 3.05) is 13.6 Å². The van der Waals surface area contributed by atoms with Crippen LogP contribution in [0.2, 0.25) is 0 Å². The van der Waals surface area contributed by atoms with Crippen LogP contribution in [0, 0.1) is 0 Å². The summed E-state index contributed by atoms with van der Waals surface area (Å²) < 4.78 is 0. The monoisotopic (exact) mass is 198 g/mol. The van der Waals surface area contributed by atoms with Crippen LogP contribution in [0.5, 0.6) is 0 Å². The van der Waals surface area contributed by atoms with E-state index in [1.807, 2.05) is 6.92 Å². The maximum absolute atomic E-state index is 11.6. The van der Waals surface area contributed by atoms with Gasteiger partial charge < -0.3 is 10.2 Å². The Kier molecular flexibility index (Phi) is 3.92. The molecule has 0 aromatic rings. The lowest BCUT2D eigenvalue weighted by atomic mass is 10.2. The molecule has 1 rings (SSSR count). The van der Waals surface area contributed by atoms with E-state index in [0.717, 1.165) is 25.8 Å². The molecule has 1 aliphatic heterocycles. The van der Waals surface area contributed by atoms with Gasteiger partial charge in [0.15, 0.2) is 0 Å². The third-order valence-electron chi connectivity index (χ3n) is 2.59. The van der Waals surface area contributed by atoms with E-state index in [1.165, 1.54) is 0 Å². The van der Waals surface area contributed by atoms with Crippen LogP contribution >= 0.6 is 0 Å². The predicted molar refractivity (Wildman–Crippen MR) is 53.7 cm³/mol. The Morgan fingerprint density at radius 3 is 2.79 bits per heavy atom. The van der Waals surface area contributed by atoms with Gasteiger partial charge >= 0.3 is 0 Å². The molecule has 0 aromatic heterocycles. The van der Waals surface area contributed by atoms with E-state index in [4.69, 9.17) is 0 Å². The predicted octanol–water partition coefficient (Wildman–Crippen LogP) is 0.523. The van der Waals surface area contributed by atoms with E-state index in [1.54, 1.807) is 11.9 Å². The van der Waals surface area contributed by atoms with Crippen molar-refractivity contribution in [3.8, 4) is 0 Å². The number of likely N-dealkylation sites (N-methyl/N-ethyl adjacent to an activating group) is 1. The maximum atomic E-state index is 11.6. The smallest absolute Gasteiger partial charge is 0.242 e. The van der Waals surface area contributed by atoms with Crippen molar-refractivity contribution >= 4 is 11.8 Å². The summed E-state index contributed by atoms with van der Waals surface area (Å²) in [7, 11) is 1.61. The summed E-state index contributed by atoms with van der Waals surface area (Å²) in [5, 5.41) is 2.60. The van der Waals surface area contributed by atoms with Crippen molar-refractivity contribution in [1.82, 2.24) is 10.2 Å². The lowest BCUT2D eigenvalue weighted by Crippen LogP contribution is -2.44. The summed E-state index contributed by atoms with van der Waals surface area (Å²) in [6.07, 6.45) is 3.13. The molecule has 1 fully saturated rings. The second kappa shape index (κ2) is 4.98. The zero-order valence-corrected chi connectivity index (χ0v) is 8.88. The van der Waals surface area contributed by atoms with E-state index in [2.05, 4.69) is 5.32 Å². The number of nitrogens with zero attached hydrogens (tertiary/aromatic N) is 1. The van der Waals surface area contributed by atoms with E-state index >= 15 is 0 Å². The highest BCUT2D eigenvalue weighted by Crippen LogP contribution is 2.18. The average molecular weight is 198 g/mol. The summed E-state index contributed by atoms with van der Waals surface area (Å²) in [5.41, 5.74) is 0. The highest BCUT2D eigenvalue weighted by Gasteiger charge is 2.32. The quantitative estimate of drug-likeness (QED) is 0.719. The van der Waals surface area contributed by atoms with Crippen LogP contribution in [0.4, 0.5) is 0 Å². The van der Waals surface area contributed by atoms with Crippen LogP contribution in [-0.2, 0) is 9.59 Å². The van der Waals surface area contributed by atoms with Crippen LogP contribution < -0.4 is 5.32 Å². The fourth-order valence-electron chi connectivity index (χ4n) is 1.86. The van der Waals surface area contributed by atoms with Gasteiger partial charge in [-0.25, -0.2) is 0 Å². The lowest BCUT2D eigenvalue weighted by Gasteiger charge is -2.23. The van der Waals surface area contributed by atoms with Crippen molar-refractivity contribution in [3.05, 3.63) is 0 Å². The molecule has 1 unspecified atom stereocenters. The van der Waals surface area contributed by atoms with Crippen LogP contribution in [0.3, 0.4) is 0 Å². The summed E-state index contributed by atoms with van der Waals surface area (Å²) in [6, 6.07) is -0.223. The van der Waals surface area contributed by atoms with Crippen molar-refractivity contribution < 1.29 is 9.59 Å². The zero-order chi connectivity index (χ0) is 10.6. The van der Waals surface area contributed by atoms with Gasteiger partial charge in [-0.1, -0.05) is 6.92 Å². The SMILES string of the molecule is CCCC(=O)N1CCCC1C(=O)NC. The third kappa shape index (κ3) is 2.25. The average Bonchev–Trinajstić information content (AvgIpc) is 2.65. The first-order valence-electron chi connectivity index (χ1n) is 5.21. The molecule has 0 aliphatic carbocycles. The second-order valence-electron chi connectivity index (χ2n) is 3.61. The summed E-state index contributed by atoms with van der Waals surface area (Å²) in [5.74, 6) is 0.0746. The van der Waals surface area contributed by atoms with Crippen LogP contribution in [0.1, 0.15) is 32.6 Å². The molecule has 14 heavy (non-hydrogen) atoms. The number of nitrogens with one attached hydrogen (secondary N) is 1. The van der Waals surface area contributed by atoms with E-state index in [-0.39, 0.29) is 17.9 Å². The van der Waals surface area contributed by atoms with Gasteiger partial charge in [0.2, 0.25) is 11.8 Å². The minimum Gasteiger partial charge on any atom is -0.357 e. The molecule has 2 amide bonds. The Bertz CT molecular complexity index is 228. The number of carbonyl (C=O) groups excluding carboxylic acids is 2. The summed E-state index contributed by atoms with van der Waals surface area (Å²) in [6.45, 7) is 2.71. The Hall–Kier alpha value is -1.06. The number of hydrogen-bond acceptors (Lipinski definition) is 2. The van der Waals surface area contributed by atoms with Gasteiger partial charge in [0.25, 0.3) is 0 Å². The van der Waals surface area contributed by atoms with E-state index in [9.17, 15) is 9.59 Å². The van der Waals surface area contributed by atoms with Crippen LogP contribution in [0.25, 0.3) is 0 Å². The fourth-order valence-corrected chi connectivity index (χ4v) is 1.86. The first-order valence-corrected chi connectivity index (χ1v) is 5.21. The molecule has 1 saturated heterocycles. The van der Waals surface area contributed by atoms with Gasteiger partial charge in [0, 0.05) is 20.0 Å². The second-order valence-corrected chi connectivity index (χ2v) is 3.61. The van der Waals surface area contributed by atoms with Gasteiger partial charge in [0.05, 0.1) is 0 Å². The fraction of sp³-hybridized carbons (Fsp3) is 0.800. The van der Waals surface area contributed by atoms with Crippen molar-refractivity contribution in [2.45, 2.75) is 38.6 Å². The molecule has 0 saturated carbocycles. The van der Waals surface area contributed by atoms with E-state index < -0.39 is 0 Å². The summed E-state index contributed by atoms with van der Waals surface area (Å²) >= 11 is 0. The largest absolute Gasteiger partial charge is 0.357 e. The molecule has 0 bridgehead atoms. The highest BCUT2D eigenvalue weighted by molar-refractivity contribution is 5.88. The molecule has 0 aromatic carbocycles. The van der Waals surface area contributed by atoms with Gasteiger partial charge in [-0.2, -0.15) is 0 Å². The molecule has 0 spiro atoms. The molecule has 4 nitrogen and oxygen atoms in total. The van der Waals surface area contributed by atoms with Crippen LogP contribution in [0.15, 0.2) is 0 Å². The Labute approximate surface area is 84.7 Å². The Morgan fingerprint density at radius 1 is 1.50 bits per heavy atom. The lowest BCUT2D eigenvalue weighted by molar-refractivity contribution is -0.138. The van der Waals surface area contributed by atoms with Gasteiger partial charge in [0.1, 0.15) is 6.04 Å². The number of hydrogen-bond donors (Lipinski definition) is 1. The topological polar surface area (TPSA) is 49.4 Å². The highest BCUT2D eigenvalue weighted by atomic mass is 16.2. The van der Waals surface area contributed by atoms with Gasteiger partial charge in [-0.05, 0) is 19.3 Å². The zero-order valence-electron chi connectivity index (χ0n) is 8.88. The molecule has 1 N–H and O–H groups in total. The number of amides is 2. The molecular weight excluding hydrogens is 180 g/mol. The molecule has 0 radical (unpaired) electrons. The molecular formula is C10H18N2O2. The van der Waals surface area contributed by atoms with Crippen molar-refractivity contribution in [3.63, 3.8) is 0 Å². The third-order valence-corrected chi connectivity index (χ3v) is 2.59. The minimum absolute atomic E-state index is 0.0352. The number of rotatable bonds is 3.